The molecule has 6 heteroatoms. The summed E-state index contributed by atoms with van der Waals surface area (Å²) in [6, 6.07) is 7.32. The van der Waals surface area contributed by atoms with Gasteiger partial charge < -0.3 is 10.1 Å². The van der Waals surface area contributed by atoms with E-state index in [0.717, 1.165) is 24.4 Å². The van der Waals surface area contributed by atoms with Gasteiger partial charge in [0.15, 0.2) is 0 Å². The fourth-order valence-electron chi connectivity index (χ4n) is 2.66. The van der Waals surface area contributed by atoms with E-state index in [1.165, 1.54) is 0 Å². The molecule has 0 aromatic heterocycles. The first-order chi connectivity index (χ1) is 9.17. The number of nitrogens with one attached hydrogen (secondary N) is 2. The van der Waals surface area contributed by atoms with Crippen LogP contribution in [0.15, 0.2) is 24.3 Å². The molecule has 5 nitrogen and oxygen atoms in total. The van der Waals surface area contributed by atoms with Crippen molar-refractivity contribution in [3.8, 4) is 5.75 Å². The highest BCUT2D eigenvalue weighted by molar-refractivity contribution is 7.90. The topological polar surface area (TPSA) is 67.4 Å². The Morgan fingerprint density at radius 1 is 1.21 bits per heavy atom. The summed E-state index contributed by atoms with van der Waals surface area (Å²) in [4.78, 5) is 0. The summed E-state index contributed by atoms with van der Waals surface area (Å²) >= 11 is 0. The Bertz CT molecular complexity index is 553. The third-order valence-corrected chi connectivity index (χ3v) is 5.69. The van der Waals surface area contributed by atoms with Crippen LogP contribution >= 0.6 is 0 Å². The molecule has 1 fully saturated rings. The summed E-state index contributed by atoms with van der Waals surface area (Å²) in [5.41, 5.74) is 0.931. The van der Waals surface area contributed by atoms with E-state index in [1.807, 2.05) is 24.3 Å². The molecule has 0 spiro atoms. The van der Waals surface area contributed by atoms with Crippen LogP contribution < -0.4 is 14.8 Å². The minimum absolute atomic E-state index is 0.254. The smallest absolute Gasteiger partial charge is 0.215 e. The Kier molecular flexibility index (Phi) is 3.47. The molecule has 2 aliphatic heterocycles. The maximum Gasteiger partial charge on any atom is 0.215 e. The Hall–Kier alpha value is -1.11. The third-order valence-electron chi connectivity index (χ3n) is 3.73. The lowest BCUT2D eigenvalue weighted by Crippen LogP contribution is -2.43. The summed E-state index contributed by atoms with van der Waals surface area (Å²) in [6.07, 6.45) is 1.34. The van der Waals surface area contributed by atoms with Gasteiger partial charge in [-0.25, -0.2) is 13.1 Å². The van der Waals surface area contributed by atoms with Crippen molar-refractivity contribution in [2.45, 2.75) is 24.1 Å². The fraction of sp³-hybridized carbons (Fsp3) is 0.538. The van der Waals surface area contributed by atoms with Crippen LogP contribution in [-0.4, -0.2) is 33.4 Å². The van der Waals surface area contributed by atoms with Crippen LogP contribution in [0.3, 0.4) is 0 Å². The summed E-state index contributed by atoms with van der Waals surface area (Å²) in [5.74, 6) is 0.778. The molecule has 1 saturated heterocycles. The molecule has 1 unspecified atom stereocenters. The highest BCUT2D eigenvalue weighted by Crippen LogP contribution is 2.32. The number of rotatable bonds is 3. The molecule has 1 atom stereocenters. The van der Waals surface area contributed by atoms with Gasteiger partial charge in [-0.2, -0.15) is 0 Å². The van der Waals surface area contributed by atoms with Gasteiger partial charge in [0.05, 0.1) is 11.3 Å². The number of hydrogen-bond donors (Lipinski definition) is 2. The molecule has 1 aromatic rings. The van der Waals surface area contributed by atoms with E-state index in [0.29, 0.717) is 19.4 Å². The van der Waals surface area contributed by atoms with Gasteiger partial charge in [0, 0.05) is 5.56 Å². The molecule has 0 radical (unpaired) electrons. The molecule has 3 rings (SSSR count). The van der Waals surface area contributed by atoms with Gasteiger partial charge in [-0.15, -0.1) is 0 Å². The molecule has 104 valence electrons. The van der Waals surface area contributed by atoms with Crippen molar-refractivity contribution in [2.75, 3.05) is 19.7 Å². The number of hydrogen-bond acceptors (Lipinski definition) is 4. The lowest BCUT2D eigenvalue weighted by atomic mass is 10.1. The maximum absolute atomic E-state index is 12.4. The molecular formula is C13H18N2O3S. The summed E-state index contributed by atoms with van der Waals surface area (Å²) in [5, 5.41) is 2.89. The van der Waals surface area contributed by atoms with Crippen LogP contribution in [0, 0.1) is 0 Å². The van der Waals surface area contributed by atoms with Crippen LogP contribution in [0.5, 0.6) is 5.75 Å². The Morgan fingerprint density at radius 3 is 2.74 bits per heavy atom. The molecule has 2 aliphatic rings. The molecule has 0 amide bonds. The van der Waals surface area contributed by atoms with Crippen molar-refractivity contribution in [3.63, 3.8) is 0 Å². The number of benzene rings is 1. The standard InChI is InChI=1S/C13H18N2O3S/c16-19(17,10-5-7-14-8-6-10)15-12-9-18-13-4-2-1-3-11(12)13/h1-4,10,12,14-15H,5-9H2. The van der Waals surface area contributed by atoms with E-state index >= 15 is 0 Å². The second kappa shape index (κ2) is 5.11. The van der Waals surface area contributed by atoms with Crippen LogP contribution in [0.2, 0.25) is 0 Å². The van der Waals surface area contributed by atoms with Gasteiger partial charge in [0.2, 0.25) is 10.0 Å². The number of para-hydroxylation sites is 1. The fourth-order valence-corrected chi connectivity index (χ4v) is 4.30. The molecule has 0 aliphatic carbocycles. The maximum atomic E-state index is 12.4. The minimum Gasteiger partial charge on any atom is -0.491 e. The van der Waals surface area contributed by atoms with Gasteiger partial charge in [0.25, 0.3) is 0 Å². The summed E-state index contributed by atoms with van der Waals surface area (Å²) < 4.78 is 33.0. The van der Waals surface area contributed by atoms with Gasteiger partial charge in [0.1, 0.15) is 12.4 Å². The second-order valence-corrected chi connectivity index (χ2v) is 7.01. The largest absolute Gasteiger partial charge is 0.491 e. The predicted octanol–water partition coefficient (Wildman–Crippen LogP) is 0.791. The predicted molar refractivity (Wildman–Crippen MR) is 72.6 cm³/mol. The van der Waals surface area contributed by atoms with Crippen LogP contribution in [-0.2, 0) is 10.0 Å². The van der Waals surface area contributed by atoms with Crippen molar-refractivity contribution in [1.29, 1.82) is 0 Å². The molecule has 2 N–H and O–H groups in total. The zero-order valence-corrected chi connectivity index (χ0v) is 11.4. The average molecular weight is 282 g/mol. The second-order valence-electron chi connectivity index (χ2n) is 5.01. The number of ether oxygens (including phenoxy) is 1. The normalized spacial score (nSPS) is 23.9. The van der Waals surface area contributed by atoms with Crippen LogP contribution in [0.25, 0.3) is 0 Å². The first-order valence-corrected chi connectivity index (χ1v) is 8.15. The van der Waals surface area contributed by atoms with Crippen LogP contribution in [0.1, 0.15) is 24.4 Å². The quantitative estimate of drug-likeness (QED) is 0.860. The first kappa shape index (κ1) is 12.9. The van der Waals surface area contributed by atoms with Gasteiger partial charge >= 0.3 is 0 Å². The van der Waals surface area contributed by atoms with Gasteiger partial charge in [-0.05, 0) is 32.0 Å². The lowest BCUT2D eigenvalue weighted by Gasteiger charge is -2.24. The number of piperidine rings is 1. The highest BCUT2D eigenvalue weighted by atomic mass is 32.2. The first-order valence-electron chi connectivity index (χ1n) is 6.60. The molecule has 0 saturated carbocycles. The number of fused-ring (bicyclic) bond motifs is 1. The van der Waals surface area contributed by atoms with E-state index < -0.39 is 10.0 Å². The Morgan fingerprint density at radius 2 is 1.95 bits per heavy atom. The number of sulfonamides is 1. The monoisotopic (exact) mass is 282 g/mol. The zero-order chi connectivity index (χ0) is 13.3. The summed E-state index contributed by atoms with van der Waals surface area (Å²) in [7, 11) is -3.28. The van der Waals surface area contributed by atoms with E-state index in [9.17, 15) is 8.42 Å². The van der Waals surface area contributed by atoms with Gasteiger partial charge in [-0.1, -0.05) is 18.2 Å². The van der Waals surface area contributed by atoms with E-state index in [-0.39, 0.29) is 11.3 Å². The van der Waals surface area contributed by atoms with Gasteiger partial charge in [-0.3, -0.25) is 0 Å². The average Bonchev–Trinajstić information content (AvgIpc) is 2.83. The van der Waals surface area contributed by atoms with Crippen molar-refractivity contribution in [2.24, 2.45) is 0 Å². The molecule has 1 aromatic carbocycles. The third kappa shape index (κ3) is 2.61. The summed E-state index contributed by atoms with van der Waals surface area (Å²) in [6.45, 7) is 1.91. The van der Waals surface area contributed by atoms with Crippen molar-refractivity contribution in [3.05, 3.63) is 29.8 Å². The van der Waals surface area contributed by atoms with Crippen molar-refractivity contribution < 1.29 is 13.2 Å². The van der Waals surface area contributed by atoms with E-state index in [1.54, 1.807) is 0 Å². The van der Waals surface area contributed by atoms with Crippen LogP contribution in [0.4, 0.5) is 0 Å². The lowest BCUT2D eigenvalue weighted by molar-refractivity contribution is 0.324. The molecule has 19 heavy (non-hydrogen) atoms. The zero-order valence-electron chi connectivity index (χ0n) is 10.6. The molecule has 0 bridgehead atoms. The van der Waals surface area contributed by atoms with E-state index in [2.05, 4.69) is 10.0 Å². The molecule has 2 heterocycles. The van der Waals surface area contributed by atoms with Crippen molar-refractivity contribution >= 4 is 10.0 Å². The Balaban J connectivity index is 1.75. The van der Waals surface area contributed by atoms with E-state index in [4.69, 9.17) is 4.74 Å². The minimum atomic E-state index is -3.28. The van der Waals surface area contributed by atoms with Crippen molar-refractivity contribution in [1.82, 2.24) is 10.0 Å². The molecular weight excluding hydrogens is 264 g/mol. The highest BCUT2D eigenvalue weighted by Gasteiger charge is 2.33. The SMILES string of the molecule is O=S(=O)(NC1COc2ccccc21)C1CCNCC1. The Labute approximate surface area is 113 Å².